The van der Waals surface area contributed by atoms with Crippen molar-refractivity contribution in [2.45, 2.75) is 160 Å². The second kappa shape index (κ2) is 25.1. The highest BCUT2D eigenvalue weighted by atomic mass is 16.7. The van der Waals surface area contributed by atoms with Crippen molar-refractivity contribution in [3.8, 4) is 0 Å². The standard InChI is InChI=1S/C35H65NO2/c1-5-7-9-11-13-15-16-17-18-19-20-21-22-24-26-28-31-35(30-27-25-23-14-12-10-8-6-2)37-33-34(38-35)29-32-36(3)4/h6,13,15,17-18,34H,2,5,7-12,14,16,19-33H2,1,3-4H3/b15-13-,18-17-. The van der Waals surface area contributed by atoms with Gasteiger partial charge >= 0.3 is 0 Å². The second-order valence-corrected chi connectivity index (χ2v) is 11.8. The predicted octanol–water partition coefficient (Wildman–Crippen LogP) is 10.6. The minimum atomic E-state index is -0.310. The molecule has 38 heavy (non-hydrogen) atoms. The molecule has 0 aromatic heterocycles. The van der Waals surface area contributed by atoms with Gasteiger partial charge in [0.15, 0.2) is 5.79 Å². The molecule has 3 nitrogen and oxygen atoms in total. The molecule has 222 valence electrons. The monoisotopic (exact) mass is 532 g/mol. The third-order valence-corrected chi connectivity index (χ3v) is 7.79. The molecule has 0 aliphatic carbocycles. The normalized spacial score (nSPS) is 19.9. The Bertz CT molecular complexity index is 584. The summed E-state index contributed by atoms with van der Waals surface area (Å²) in [6, 6.07) is 0. The van der Waals surface area contributed by atoms with Gasteiger partial charge in [0.2, 0.25) is 0 Å². The van der Waals surface area contributed by atoms with E-state index in [2.05, 4.69) is 56.8 Å². The van der Waals surface area contributed by atoms with Crippen molar-refractivity contribution < 1.29 is 9.47 Å². The minimum Gasteiger partial charge on any atom is -0.347 e. The van der Waals surface area contributed by atoms with Crippen LogP contribution in [0.1, 0.15) is 148 Å². The van der Waals surface area contributed by atoms with E-state index in [0.29, 0.717) is 0 Å². The summed E-state index contributed by atoms with van der Waals surface area (Å²) >= 11 is 0. The van der Waals surface area contributed by atoms with E-state index in [1.807, 2.05) is 6.08 Å². The van der Waals surface area contributed by atoms with E-state index in [4.69, 9.17) is 9.47 Å². The average Bonchev–Trinajstić information content (AvgIpc) is 3.32. The summed E-state index contributed by atoms with van der Waals surface area (Å²) in [7, 11) is 4.28. The lowest BCUT2D eigenvalue weighted by molar-refractivity contribution is -0.180. The first-order valence-corrected chi connectivity index (χ1v) is 16.5. The molecule has 1 aliphatic rings. The Morgan fingerprint density at radius 3 is 1.79 bits per heavy atom. The molecular weight excluding hydrogens is 466 g/mol. The van der Waals surface area contributed by atoms with Crippen LogP contribution in [0.5, 0.6) is 0 Å². The first-order valence-electron chi connectivity index (χ1n) is 16.5. The van der Waals surface area contributed by atoms with Crippen LogP contribution >= 0.6 is 0 Å². The van der Waals surface area contributed by atoms with Crippen LogP contribution in [0.15, 0.2) is 37.0 Å². The van der Waals surface area contributed by atoms with Crippen molar-refractivity contribution in [3.05, 3.63) is 37.0 Å². The third kappa shape index (κ3) is 20.1. The topological polar surface area (TPSA) is 21.7 Å². The Morgan fingerprint density at radius 1 is 0.711 bits per heavy atom. The van der Waals surface area contributed by atoms with E-state index >= 15 is 0 Å². The summed E-state index contributed by atoms with van der Waals surface area (Å²) in [6.45, 7) is 7.94. The molecule has 1 rings (SSSR count). The van der Waals surface area contributed by atoms with Crippen LogP contribution in [0.2, 0.25) is 0 Å². The summed E-state index contributed by atoms with van der Waals surface area (Å²) in [6.07, 6.45) is 39.4. The lowest BCUT2D eigenvalue weighted by atomic mass is 9.98. The summed E-state index contributed by atoms with van der Waals surface area (Å²) in [5, 5.41) is 0. The first-order chi connectivity index (χ1) is 18.6. The van der Waals surface area contributed by atoms with E-state index in [9.17, 15) is 0 Å². The number of allylic oxidation sites excluding steroid dienone is 5. The highest BCUT2D eigenvalue weighted by Gasteiger charge is 2.40. The summed E-state index contributed by atoms with van der Waals surface area (Å²) in [4.78, 5) is 2.25. The molecule has 0 amide bonds. The van der Waals surface area contributed by atoms with Gasteiger partial charge in [0.1, 0.15) is 0 Å². The molecule has 3 heteroatoms. The summed E-state index contributed by atoms with van der Waals surface area (Å²) in [5.41, 5.74) is 0. The molecule has 0 bridgehead atoms. The van der Waals surface area contributed by atoms with Crippen LogP contribution in [0, 0.1) is 0 Å². The lowest BCUT2D eigenvalue weighted by Crippen LogP contribution is -2.31. The molecule has 1 aliphatic heterocycles. The predicted molar refractivity (Wildman–Crippen MR) is 168 cm³/mol. The zero-order chi connectivity index (χ0) is 27.6. The largest absolute Gasteiger partial charge is 0.347 e. The Morgan fingerprint density at radius 2 is 1.24 bits per heavy atom. The SMILES string of the molecule is C=CCCCCCCCCC1(CCCCCCCC/C=C\C/C=C\CCCCC)OCC(CCN(C)C)O1. The van der Waals surface area contributed by atoms with Gasteiger partial charge in [-0.25, -0.2) is 0 Å². The van der Waals surface area contributed by atoms with Gasteiger partial charge in [-0.2, -0.15) is 0 Å². The first kappa shape index (κ1) is 35.1. The molecule has 1 fully saturated rings. The number of nitrogens with zero attached hydrogens (tertiary/aromatic N) is 1. The van der Waals surface area contributed by atoms with Crippen molar-refractivity contribution in [3.63, 3.8) is 0 Å². The maximum Gasteiger partial charge on any atom is 0.168 e. The molecule has 0 aromatic carbocycles. The van der Waals surface area contributed by atoms with E-state index in [1.54, 1.807) is 0 Å². The van der Waals surface area contributed by atoms with Gasteiger partial charge in [0.05, 0.1) is 12.7 Å². The fraction of sp³-hybridized carbons (Fsp3) is 0.829. The van der Waals surface area contributed by atoms with Gasteiger partial charge < -0.3 is 14.4 Å². The number of hydrogen-bond acceptors (Lipinski definition) is 3. The zero-order valence-electron chi connectivity index (χ0n) is 25.9. The Balaban J connectivity index is 2.17. The lowest BCUT2D eigenvalue weighted by Gasteiger charge is -2.29. The van der Waals surface area contributed by atoms with Crippen LogP contribution in [-0.2, 0) is 9.47 Å². The fourth-order valence-electron chi connectivity index (χ4n) is 5.32. The van der Waals surface area contributed by atoms with Crippen LogP contribution in [0.25, 0.3) is 0 Å². The molecule has 1 heterocycles. The van der Waals surface area contributed by atoms with Crippen LogP contribution in [0.3, 0.4) is 0 Å². The van der Waals surface area contributed by atoms with Crippen molar-refractivity contribution in [1.29, 1.82) is 0 Å². The Labute approximate surface area is 238 Å². The Kier molecular flexibility index (Phi) is 23.2. The highest BCUT2D eigenvalue weighted by molar-refractivity contribution is 4.92. The highest BCUT2D eigenvalue weighted by Crippen LogP contribution is 2.35. The number of rotatable bonds is 27. The van der Waals surface area contributed by atoms with Crippen molar-refractivity contribution in [2.24, 2.45) is 0 Å². The second-order valence-electron chi connectivity index (χ2n) is 11.8. The number of ether oxygens (including phenoxy) is 2. The Hall–Kier alpha value is -0.900. The van der Waals surface area contributed by atoms with E-state index < -0.39 is 0 Å². The number of hydrogen-bond donors (Lipinski definition) is 0. The van der Waals surface area contributed by atoms with E-state index in [0.717, 1.165) is 45.3 Å². The molecular formula is C35H65NO2. The van der Waals surface area contributed by atoms with Crippen molar-refractivity contribution in [1.82, 2.24) is 4.90 Å². The zero-order valence-corrected chi connectivity index (χ0v) is 25.9. The summed E-state index contributed by atoms with van der Waals surface area (Å²) < 4.78 is 13.0. The molecule has 0 aromatic rings. The van der Waals surface area contributed by atoms with Crippen LogP contribution < -0.4 is 0 Å². The van der Waals surface area contributed by atoms with Crippen molar-refractivity contribution >= 4 is 0 Å². The van der Waals surface area contributed by atoms with Gasteiger partial charge in [0, 0.05) is 19.4 Å². The third-order valence-electron chi connectivity index (χ3n) is 7.79. The molecule has 2 unspecified atom stereocenters. The number of unbranched alkanes of at least 4 members (excludes halogenated alkanes) is 15. The maximum absolute atomic E-state index is 6.61. The van der Waals surface area contributed by atoms with Gasteiger partial charge in [0.25, 0.3) is 0 Å². The van der Waals surface area contributed by atoms with Crippen LogP contribution in [0.4, 0.5) is 0 Å². The van der Waals surface area contributed by atoms with Gasteiger partial charge in [-0.15, -0.1) is 6.58 Å². The quantitative estimate of drug-likeness (QED) is 0.0777. The van der Waals surface area contributed by atoms with Gasteiger partial charge in [-0.05, 0) is 78.3 Å². The smallest absolute Gasteiger partial charge is 0.168 e. The fourth-order valence-corrected chi connectivity index (χ4v) is 5.32. The molecule has 0 spiro atoms. The average molecular weight is 532 g/mol. The van der Waals surface area contributed by atoms with Gasteiger partial charge in [-0.3, -0.25) is 0 Å². The molecule has 1 saturated heterocycles. The maximum atomic E-state index is 6.61. The van der Waals surface area contributed by atoms with Crippen LogP contribution in [-0.4, -0.2) is 44.0 Å². The molecule has 0 radical (unpaired) electrons. The van der Waals surface area contributed by atoms with E-state index in [1.165, 1.54) is 109 Å². The molecule has 0 saturated carbocycles. The van der Waals surface area contributed by atoms with Gasteiger partial charge in [-0.1, -0.05) is 102 Å². The minimum absolute atomic E-state index is 0.265. The van der Waals surface area contributed by atoms with E-state index in [-0.39, 0.29) is 11.9 Å². The molecule has 2 atom stereocenters. The summed E-state index contributed by atoms with van der Waals surface area (Å²) in [5.74, 6) is -0.310. The van der Waals surface area contributed by atoms with Crippen molar-refractivity contribution in [2.75, 3.05) is 27.2 Å². The molecule has 0 N–H and O–H groups in total.